The van der Waals surface area contributed by atoms with E-state index in [2.05, 4.69) is 10.6 Å². The summed E-state index contributed by atoms with van der Waals surface area (Å²) >= 11 is 0. The Morgan fingerprint density at radius 2 is 1.74 bits per heavy atom. The molecule has 1 heterocycles. The molecule has 2 saturated carbocycles. The van der Waals surface area contributed by atoms with E-state index in [1.807, 2.05) is 4.90 Å². The number of likely N-dealkylation sites (tertiary alicyclic amines) is 1. The molecule has 1 spiro atoms. The second kappa shape index (κ2) is 7.76. The van der Waals surface area contributed by atoms with Gasteiger partial charge in [0.15, 0.2) is 0 Å². The Morgan fingerprint density at radius 1 is 1.10 bits per heavy atom. The Labute approximate surface area is 178 Å². The van der Waals surface area contributed by atoms with E-state index in [-0.39, 0.29) is 42.4 Å². The SMILES string of the molecule is Cc1cc(F)cc(NC(=O)C2CCC3(CC2)CN(CC(=O)NC2(C(F)(F)F)CC2)C3)c1. The summed E-state index contributed by atoms with van der Waals surface area (Å²) in [6.07, 6.45) is -1.43. The predicted molar refractivity (Wildman–Crippen MR) is 107 cm³/mol. The summed E-state index contributed by atoms with van der Waals surface area (Å²) in [5.74, 6) is -1.23. The number of hydrogen-bond acceptors (Lipinski definition) is 3. The van der Waals surface area contributed by atoms with Gasteiger partial charge in [-0.05, 0) is 74.6 Å². The quantitative estimate of drug-likeness (QED) is 0.684. The molecule has 1 aliphatic heterocycles. The fourth-order valence-corrected chi connectivity index (χ4v) is 4.99. The molecule has 0 bridgehead atoms. The van der Waals surface area contributed by atoms with E-state index in [1.165, 1.54) is 12.1 Å². The molecule has 1 aromatic carbocycles. The molecule has 0 atom stereocenters. The van der Waals surface area contributed by atoms with Gasteiger partial charge in [0.1, 0.15) is 11.4 Å². The third-order valence-electron chi connectivity index (χ3n) is 6.88. The summed E-state index contributed by atoms with van der Waals surface area (Å²) in [5.41, 5.74) is -0.790. The maximum atomic E-state index is 13.5. The summed E-state index contributed by atoms with van der Waals surface area (Å²) in [4.78, 5) is 26.5. The van der Waals surface area contributed by atoms with Crippen molar-refractivity contribution in [3.63, 3.8) is 0 Å². The molecular weight excluding hydrogens is 414 g/mol. The van der Waals surface area contributed by atoms with E-state index in [1.54, 1.807) is 13.0 Å². The minimum atomic E-state index is -4.40. The molecule has 3 fully saturated rings. The Hall–Kier alpha value is -2.16. The van der Waals surface area contributed by atoms with Gasteiger partial charge in [-0.3, -0.25) is 14.5 Å². The molecule has 0 radical (unpaired) electrons. The monoisotopic (exact) mass is 441 g/mol. The Balaban J connectivity index is 1.21. The van der Waals surface area contributed by atoms with Crippen molar-refractivity contribution in [3.8, 4) is 0 Å². The first-order valence-corrected chi connectivity index (χ1v) is 10.7. The van der Waals surface area contributed by atoms with Crippen molar-refractivity contribution in [1.82, 2.24) is 10.2 Å². The molecule has 9 heteroatoms. The molecule has 2 N–H and O–H groups in total. The van der Waals surface area contributed by atoms with Crippen molar-refractivity contribution < 1.29 is 27.2 Å². The molecular formula is C22H27F4N3O2. The molecule has 0 unspecified atom stereocenters. The molecule has 2 aliphatic carbocycles. The number of carbonyl (C=O) groups excluding carboxylic acids is 2. The zero-order valence-electron chi connectivity index (χ0n) is 17.4. The van der Waals surface area contributed by atoms with Gasteiger partial charge in [0.25, 0.3) is 0 Å². The molecule has 5 nitrogen and oxygen atoms in total. The van der Waals surface area contributed by atoms with E-state index in [0.717, 1.165) is 18.4 Å². The van der Waals surface area contributed by atoms with Gasteiger partial charge < -0.3 is 10.6 Å². The highest BCUT2D eigenvalue weighted by Crippen LogP contribution is 2.49. The van der Waals surface area contributed by atoms with Crippen LogP contribution < -0.4 is 10.6 Å². The van der Waals surface area contributed by atoms with Crippen LogP contribution in [-0.2, 0) is 9.59 Å². The number of benzene rings is 1. The van der Waals surface area contributed by atoms with E-state index in [9.17, 15) is 27.2 Å². The zero-order chi connectivity index (χ0) is 22.4. The Morgan fingerprint density at radius 3 is 2.29 bits per heavy atom. The number of aryl methyl sites for hydroxylation is 1. The third kappa shape index (κ3) is 4.71. The van der Waals surface area contributed by atoms with Gasteiger partial charge in [-0.25, -0.2) is 4.39 Å². The average molecular weight is 441 g/mol. The third-order valence-corrected chi connectivity index (χ3v) is 6.88. The number of rotatable bonds is 5. The van der Waals surface area contributed by atoms with E-state index < -0.39 is 17.6 Å². The van der Waals surface area contributed by atoms with Crippen molar-refractivity contribution in [2.24, 2.45) is 11.3 Å². The zero-order valence-corrected chi connectivity index (χ0v) is 17.4. The number of hydrogen-bond donors (Lipinski definition) is 2. The molecule has 0 aromatic heterocycles. The highest BCUT2D eigenvalue weighted by molar-refractivity contribution is 5.92. The lowest BCUT2D eigenvalue weighted by molar-refractivity contribution is -0.171. The second-order valence-corrected chi connectivity index (χ2v) is 9.55. The first-order valence-electron chi connectivity index (χ1n) is 10.7. The maximum absolute atomic E-state index is 13.5. The first kappa shape index (κ1) is 22.0. The van der Waals surface area contributed by atoms with Gasteiger partial charge in [0, 0.05) is 24.7 Å². The van der Waals surface area contributed by atoms with E-state index in [4.69, 9.17) is 0 Å². The van der Waals surface area contributed by atoms with Crippen LogP contribution >= 0.6 is 0 Å². The van der Waals surface area contributed by atoms with Crippen molar-refractivity contribution in [3.05, 3.63) is 29.6 Å². The number of halogens is 4. The minimum absolute atomic E-state index is 0.0254. The highest BCUT2D eigenvalue weighted by atomic mass is 19.4. The standard InChI is InChI=1S/C22H27F4N3O2/c1-14-8-16(23)10-17(9-14)27-19(31)15-2-4-20(5-3-15)12-29(13-20)11-18(30)28-21(6-7-21)22(24,25)26/h8-10,15H,2-7,11-13H2,1H3,(H,27,31)(H,28,30). The molecule has 1 saturated heterocycles. The maximum Gasteiger partial charge on any atom is 0.411 e. The number of amides is 2. The van der Waals surface area contributed by atoms with Crippen LogP contribution in [0.4, 0.5) is 23.2 Å². The number of anilines is 1. The predicted octanol–water partition coefficient (Wildman–Crippen LogP) is 3.78. The van der Waals surface area contributed by atoms with Crippen LogP contribution in [-0.4, -0.2) is 48.1 Å². The van der Waals surface area contributed by atoms with Gasteiger partial charge >= 0.3 is 6.18 Å². The topological polar surface area (TPSA) is 61.4 Å². The molecule has 2 amide bonds. The average Bonchev–Trinajstić information content (AvgIpc) is 3.40. The van der Waals surface area contributed by atoms with Crippen LogP contribution in [0.3, 0.4) is 0 Å². The van der Waals surface area contributed by atoms with Gasteiger partial charge in [0.2, 0.25) is 11.8 Å². The fourth-order valence-electron chi connectivity index (χ4n) is 4.99. The molecule has 1 aromatic rings. The summed E-state index contributed by atoms with van der Waals surface area (Å²) < 4.78 is 52.4. The van der Waals surface area contributed by atoms with Gasteiger partial charge in [0.05, 0.1) is 6.54 Å². The van der Waals surface area contributed by atoms with Crippen molar-refractivity contribution in [2.75, 3.05) is 25.0 Å². The molecule has 3 aliphatic rings. The largest absolute Gasteiger partial charge is 0.411 e. The van der Waals surface area contributed by atoms with Gasteiger partial charge in [-0.1, -0.05) is 0 Å². The second-order valence-electron chi connectivity index (χ2n) is 9.55. The van der Waals surface area contributed by atoms with Crippen LogP contribution in [0.15, 0.2) is 18.2 Å². The van der Waals surface area contributed by atoms with Crippen LogP contribution in [0, 0.1) is 24.1 Å². The molecule has 170 valence electrons. The first-order chi connectivity index (χ1) is 14.5. The number of alkyl halides is 3. The summed E-state index contributed by atoms with van der Waals surface area (Å²) in [7, 11) is 0. The van der Waals surface area contributed by atoms with E-state index >= 15 is 0 Å². The Kier molecular flexibility index (Phi) is 5.52. The molecule has 4 rings (SSSR count). The lowest BCUT2D eigenvalue weighted by atomic mass is 9.65. The summed E-state index contributed by atoms with van der Waals surface area (Å²) in [6, 6.07) is 4.43. The van der Waals surface area contributed by atoms with Gasteiger partial charge in [-0.2, -0.15) is 13.2 Å². The number of nitrogens with zero attached hydrogens (tertiary/aromatic N) is 1. The number of nitrogens with one attached hydrogen (secondary N) is 2. The van der Waals surface area contributed by atoms with Gasteiger partial charge in [-0.15, -0.1) is 0 Å². The summed E-state index contributed by atoms with van der Waals surface area (Å²) in [5, 5.41) is 4.96. The number of carbonyl (C=O) groups is 2. The van der Waals surface area contributed by atoms with Crippen molar-refractivity contribution in [1.29, 1.82) is 0 Å². The van der Waals surface area contributed by atoms with Crippen LogP contribution in [0.25, 0.3) is 0 Å². The Bertz CT molecular complexity index is 846. The van der Waals surface area contributed by atoms with Crippen molar-refractivity contribution in [2.45, 2.75) is 57.2 Å². The van der Waals surface area contributed by atoms with Crippen LogP contribution in [0.5, 0.6) is 0 Å². The lowest BCUT2D eigenvalue weighted by Gasteiger charge is -2.53. The smallest absolute Gasteiger partial charge is 0.341 e. The van der Waals surface area contributed by atoms with Crippen molar-refractivity contribution >= 4 is 17.5 Å². The minimum Gasteiger partial charge on any atom is -0.341 e. The fraction of sp³-hybridized carbons (Fsp3) is 0.636. The van der Waals surface area contributed by atoms with Crippen LogP contribution in [0.1, 0.15) is 44.1 Å². The summed E-state index contributed by atoms with van der Waals surface area (Å²) in [6.45, 7) is 3.06. The van der Waals surface area contributed by atoms with E-state index in [0.29, 0.717) is 31.6 Å². The highest BCUT2D eigenvalue weighted by Gasteiger charge is 2.64. The molecule has 31 heavy (non-hydrogen) atoms. The lowest BCUT2D eigenvalue weighted by Crippen LogP contribution is -2.61. The van der Waals surface area contributed by atoms with Crippen LogP contribution in [0.2, 0.25) is 0 Å². The normalized spacial score (nSPS) is 22.6.